The second-order valence-electron chi connectivity index (χ2n) is 5.64. The van der Waals surface area contributed by atoms with E-state index in [1.807, 2.05) is 26.0 Å². The van der Waals surface area contributed by atoms with Gasteiger partial charge in [-0.2, -0.15) is 4.98 Å². The summed E-state index contributed by atoms with van der Waals surface area (Å²) < 4.78 is 10.9. The highest BCUT2D eigenvalue weighted by molar-refractivity contribution is 5.60. The molecule has 2 rings (SSSR count). The van der Waals surface area contributed by atoms with E-state index in [-0.39, 0.29) is 0 Å². The molecule has 1 atom stereocenters. The first-order chi connectivity index (χ1) is 9.95. The molecule has 114 valence electrons. The van der Waals surface area contributed by atoms with E-state index >= 15 is 0 Å². The van der Waals surface area contributed by atoms with E-state index in [0.29, 0.717) is 24.9 Å². The quantitative estimate of drug-likeness (QED) is 0.828. The molecule has 0 spiro atoms. The van der Waals surface area contributed by atoms with Gasteiger partial charge in [-0.1, -0.05) is 24.2 Å². The summed E-state index contributed by atoms with van der Waals surface area (Å²) in [6.07, 6.45) is 0.954. The van der Waals surface area contributed by atoms with Crippen LogP contribution < -0.4 is 5.73 Å². The Kier molecular flexibility index (Phi) is 4.75. The third-order valence-electron chi connectivity index (χ3n) is 3.52. The summed E-state index contributed by atoms with van der Waals surface area (Å²) >= 11 is 0. The van der Waals surface area contributed by atoms with Gasteiger partial charge in [0.25, 0.3) is 5.89 Å². The topological polar surface area (TPSA) is 74.2 Å². The van der Waals surface area contributed by atoms with E-state index in [2.05, 4.69) is 30.1 Å². The molecule has 5 heteroatoms. The van der Waals surface area contributed by atoms with Crippen LogP contribution in [0.2, 0.25) is 0 Å². The summed E-state index contributed by atoms with van der Waals surface area (Å²) in [5.74, 6) is 0.966. The van der Waals surface area contributed by atoms with Crippen molar-refractivity contribution in [1.82, 2.24) is 10.1 Å². The van der Waals surface area contributed by atoms with Gasteiger partial charge in [0.15, 0.2) is 5.82 Å². The molecule has 21 heavy (non-hydrogen) atoms. The Morgan fingerprint density at radius 3 is 2.81 bits per heavy atom. The maximum Gasteiger partial charge on any atom is 0.258 e. The summed E-state index contributed by atoms with van der Waals surface area (Å²) in [6, 6.07) is 6.01. The zero-order chi connectivity index (χ0) is 15.5. The Morgan fingerprint density at radius 1 is 1.33 bits per heavy atom. The number of aromatic nitrogens is 2. The van der Waals surface area contributed by atoms with Gasteiger partial charge in [0.2, 0.25) is 0 Å². The fourth-order valence-corrected chi connectivity index (χ4v) is 2.04. The molecule has 0 aliphatic carbocycles. The van der Waals surface area contributed by atoms with Gasteiger partial charge < -0.3 is 15.0 Å². The van der Waals surface area contributed by atoms with E-state index < -0.39 is 5.54 Å². The number of hydrogen-bond acceptors (Lipinski definition) is 5. The van der Waals surface area contributed by atoms with Gasteiger partial charge in [0.1, 0.15) is 5.54 Å². The van der Waals surface area contributed by atoms with Crippen LogP contribution in [0, 0.1) is 13.8 Å². The first kappa shape index (κ1) is 15.7. The summed E-state index contributed by atoms with van der Waals surface area (Å²) in [7, 11) is 0. The van der Waals surface area contributed by atoms with Crippen molar-refractivity contribution in [2.24, 2.45) is 5.73 Å². The Bertz CT molecular complexity index is 605. The minimum Gasteiger partial charge on any atom is -0.379 e. The average molecular weight is 289 g/mol. The predicted molar refractivity (Wildman–Crippen MR) is 81.9 cm³/mol. The smallest absolute Gasteiger partial charge is 0.258 e. The lowest BCUT2D eigenvalue weighted by Gasteiger charge is -2.19. The Hall–Kier alpha value is -1.72. The molecule has 1 aromatic heterocycles. The molecule has 0 bridgehead atoms. The van der Waals surface area contributed by atoms with Gasteiger partial charge in [-0.3, -0.25) is 0 Å². The first-order valence-electron chi connectivity index (χ1n) is 7.23. The van der Waals surface area contributed by atoms with Crippen LogP contribution in [0.3, 0.4) is 0 Å². The van der Waals surface area contributed by atoms with E-state index in [0.717, 1.165) is 17.5 Å². The minimum atomic E-state index is -0.755. The molecule has 1 unspecified atom stereocenters. The first-order valence-corrected chi connectivity index (χ1v) is 7.23. The van der Waals surface area contributed by atoms with E-state index in [1.54, 1.807) is 0 Å². The standard InChI is InChI=1S/C16H23N3O2/c1-5-9-20-10-16(4,17)15-18-14(21-19-15)13-8-6-7-11(2)12(13)3/h6-8H,5,9-10,17H2,1-4H3. The van der Waals surface area contributed by atoms with Crippen LogP contribution in [0.1, 0.15) is 37.2 Å². The fraction of sp³-hybridized carbons (Fsp3) is 0.500. The van der Waals surface area contributed by atoms with Crippen molar-refractivity contribution in [3.05, 3.63) is 35.2 Å². The molecule has 0 saturated heterocycles. The van der Waals surface area contributed by atoms with Crippen molar-refractivity contribution < 1.29 is 9.26 Å². The van der Waals surface area contributed by atoms with Gasteiger partial charge in [-0.15, -0.1) is 0 Å². The van der Waals surface area contributed by atoms with Crippen LogP contribution in [0.4, 0.5) is 0 Å². The lowest BCUT2D eigenvalue weighted by atomic mass is 10.0. The minimum absolute atomic E-state index is 0.368. The summed E-state index contributed by atoms with van der Waals surface area (Å²) in [6.45, 7) is 9.05. The highest BCUT2D eigenvalue weighted by Gasteiger charge is 2.28. The monoisotopic (exact) mass is 289 g/mol. The van der Waals surface area contributed by atoms with Crippen LogP contribution in [0.15, 0.2) is 22.7 Å². The van der Waals surface area contributed by atoms with Crippen molar-refractivity contribution in [3.63, 3.8) is 0 Å². The average Bonchev–Trinajstić information content (AvgIpc) is 2.92. The van der Waals surface area contributed by atoms with Crippen molar-refractivity contribution in [1.29, 1.82) is 0 Å². The van der Waals surface area contributed by atoms with Gasteiger partial charge in [0.05, 0.1) is 6.61 Å². The molecule has 2 N–H and O–H groups in total. The highest BCUT2D eigenvalue weighted by atomic mass is 16.5. The zero-order valence-electron chi connectivity index (χ0n) is 13.1. The number of benzene rings is 1. The molecule has 0 aliphatic heterocycles. The number of aryl methyl sites for hydroxylation is 1. The van der Waals surface area contributed by atoms with E-state index in [9.17, 15) is 0 Å². The van der Waals surface area contributed by atoms with Crippen LogP contribution in [-0.2, 0) is 10.3 Å². The van der Waals surface area contributed by atoms with Gasteiger partial charge in [-0.05, 0) is 44.4 Å². The number of nitrogens with two attached hydrogens (primary N) is 1. The Labute approximate surface area is 125 Å². The molecular weight excluding hydrogens is 266 g/mol. The molecule has 0 fully saturated rings. The molecule has 1 heterocycles. The molecule has 0 amide bonds. The molecule has 0 saturated carbocycles. The van der Waals surface area contributed by atoms with Gasteiger partial charge >= 0.3 is 0 Å². The van der Waals surface area contributed by atoms with Crippen LogP contribution in [0.5, 0.6) is 0 Å². The van der Waals surface area contributed by atoms with E-state index in [4.69, 9.17) is 15.0 Å². The zero-order valence-corrected chi connectivity index (χ0v) is 13.1. The van der Waals surface area contributed by atoms with Crippen molar-refractivity contribution in [3.8, 4) is 11.5 Å². The number of nitrogens with zero attached hydrogens (tertiary/aromatic N) is 2. The number of ether oxygens (including phenoxy) is 1. The molecule has 2 aromatic rings. The molecule has 5 nitrogen and oxygen atoms in total. The second kappa shape index (κ2) is 6.37. The summed E-state index contributed by atoms with van der Waals surface area (Å²) in [5.41, 5.74) is 8.74. The van der Waals surface area contributed by atoms with Crippen molar-refractivity contribution >= 4 is 0 Å². The van der Waals surface area contributed by atoms with E-state index in [1.165, 1.54) is 5.56 Å². The third kappa shape index (κ3) is 3.49. The SMILES string of the molecule is CCCOCC(C)(N)c1noc(-c2cccc(C)c2C)n1. The normalized spacial score (nSPS) is 14.1. The number of hydrogen-bond donors (Lipinski definition) is 1. The largest absolute Gasteiger partial charge is 0.379 e. The lowest BCUT2D eigenvalue weighted by Crippen LogP contribution is -2.39. The Balaban J connectivity index is 2.23. The lowest BCUT2D eigenvalue weighted by molar-refractivity contribution is 0.0867. The van der Waals surface area contributed by atoms with Crippen LogP contribution >= 0.6 is 0 Å². The maximum atomic E-state index is 6.23. The predicted octanol–water partition coefficient (Wildman–Crippen LogP) is 2.95. The highest BCUT2D eigenvalue weighted by Crippen LogP contribution is 2.25. The second-order valence-corrected chi connectivity index (χ2v) is 5.64. The third-order valence-corrected chi connectivity index (χ3v) is 3.52. The van der Waals surface area contributed by atoms with Crippen LogP contribution in [-0.4, -0.2) is 23.4 Å². The fourth-order valence-electron chi connectivity index (χ4n) is 2.04. The molecule has 1 aromatic carbocycles. The van der Waals surface area contributed by atoms with Crippen molar-refractivity contribution in [2.45, 2.75) is 39.7 Å². The molecular formula is C16H23N3O2. The van der Waals surface area contributed by atoms with Gasteiger partial charge in [0, 0.05) is 12.2 Å². The van der Waals surface area contributed by atoms with Crippen molar-refractivity contribution in [2.75, 3.05) is 13.2 Å². The summed E-state index contributed by atoms with van der Waals surface area (Å²) in [5, 5.41) is 4.02. The number of rotatable bonds is 6. The molecule has 0 radical (unpaired) electrons. The molecule has 0 aliphatic rings. The summed E-state index contributed by atoms with van der Waals surface area (Å²) in [4.78, 5) is 4.45. The van der Waals surface area contributed by atoms with Crippen LogP contribution in [0.25, 0.3) is 11.5 Å². The van der Waals surface area contributed by atoms with Gasteiger partial charge in [-0.25, -0.2) is 0 Å². The maximum absolute atomic E-state index is 6.23. The Morgan fingerprint density at radius 2 is 2.10 bits per heavy atom.